The molecule has 0 aliphatic rings. The maximum atomic E-state index is 5.92. The van der Waals surface area contributed by atoms with Crippen LogP contribution in [0.4, 0.5) is 0 Å². The minimum atomic E-state index is -0.0591. The van der Waals surface area contributed by atoms with Crippen LogP contribution in [0.1, 0.15) is 18.5 Å². The van der Waals surface area contributed by atoms with Gasteiger partial charge >= 0.3 is 0 Å². The van der Waals surface area contributed by atoms with Crippen LogP contribution in [-0.4, -0.2) is 12.8 Å². The highest BCUT2D eigenvalue weighted by atomic mass is 14.8. The zero-order valence-electron chi connectivity index (χ0n) is 7.49. The summed E-state index contributed by atoms with van der Waals surface area (Å²) < 4.78 is 0. The lowest BCUT2D eigenvalue weighted by Gasteiger charge is -2.10. The van der Waals surface area contributed by atoms with Crippen molar-refractivity contribution in [1.82, 2.24) is 0 Å². The Labute approximate surface area is 73.1 Å². The quantitative estimate of drug-likeness (QED) is 0.661. The van der Waals surface area contributed by atoms with Crippen molar-refractivity contribution in [2.45, 2.75) is 13.0 Å². The van der Waals surface area contributed by atoms with E-state index in [1.165, 1.54) is 0 Å². The molecule has 0 aliphatic heterocycles. The van der Waals surface area contributed by atoms with Crippen molar-refractivity contribution < 1.29 is 0 Å². The van der Waals surface area contributed by atoms with Crippen molar-refractivity contribution in [1.29, 1.82) is 0 Å². The summed E-state index contributed by atoms with van der Waals surface area (Å²) in [7, 11) is 1.76. The van der Waals surface area contributed by atoms with Crippen LogP contribution in [0.25, 0.3) is 0 Å². The van der Waals surface area contributed by atoms with Crippen molar-refractivity contribution in [3.05, 3.63) is 35.9 Å². The molecule has 1 unspecified atom stereocenters. The monoisotopic (exact) mass is 162 g/mol. The van der Waals surface area contributed by atoms with Crippen LogP contribution in [0.5, 0.6) is 0 Å². The van der Waals surface area contributed by atoms with Crippen molar-refractivity contribution in [3.8, 4) is 0 Å². The fourth-order valence-corrected chi connectivity index (χ4v) is 1.04. The molecule has 0 heterocycles. The summed E-state index contributed by atoms with van der Waals surface area (Å²) in [4.78, 5) is 4.06. The van der Waals surface area contributed by atoms with Gasteiger partial charge in [-0.1, -0.05) is 30.3 Å². The Balaban J connectivity index is 2.86. The first kappa shape index (κ1) is 8.94. The average molecular weight is 162 g/mol. The first-order valence-electron chi connectivity index (χ1n) is 3.99. The second-order valence-corrected chi connectivity index (χ2v) is 2.75. The van der Waals surface area contributed by atoms with Crippen LogP contribution in [0.2, 0.25) is 0 Å². The molecular weight excluding hydrogens is 148 g/mol. The van der Waals surface area contributed by atoms with Crippen LogP contribution >= 0.6 is 0 Å². The molecule has 1 aromatic rings. The molecule has 0 saturated carbocycles. The number of hydrogen-bond donors (Lipinski definition) is 1. The summed E-state index contributed by atoms with van der Waals surface area (Å²) >= 11 is 0. The highest BCUT2D eigenvalue weighted by molar-refractivity contribution is 5.88. The van der Waals surface area contributed by atoms with Gasteiger partial charge in [-0.05, 0) is 12.5 Å². The van der Waals surface area contributed by atoms with Gasteiger partial charge in [-0.2, -0.15) is 0 Å². The third kappa shape index (κ3) is 1.92. The standard InChI is InChI=1S/C10H14N2/c1-8(12-2)10(11)9-6-4-3-5-7-9/h3-7,10H,11H2,1-2H3. The summed E-state index contributed by atoms with van der Waals surface area (Å²) in [6.45, 7) is 1.94. The Bertz CT molecular complexity index is 264. The number of rotatable bonds is 2. The van der Waals surface area contributed by atoms with Crippen LogP contribution in [0, 0.1) is 0 Å². The minimum absolute atomic E-state index is 0.0591. The average Bonchev–Trinajstić information content (AvgIpc) is 2.17. The zero-order chi connectivity index (χ0) is 8.97. The molecule has 64 valence electrons. The van der Waals surface area contributed by atoms with Crippen LogP contribution in [-0.2, 0) is 0 Å². The highest BCUT2D eigenvalue weighted by Gasteiger charge is 2.06. The topological polar surface area (TPSA) is 38.4 Å². The van der Waals surface area contributed by atoms with Gasteiger partial charge in [0.2, 0.25) is 0 Å². The van der Waals surface area contributed by atoms with E-state index in [2.05, 4.69) is 4.99 Å². The molecular formula is C10H14N2. The van der Waals surface area contributed by atoms with E-state index in [-0.39, 0.29) is 6.04 Å². The third-order valence-electron chi connectivity index (χ3n) is 1.96. The predicted octanol–water partition coefficient (Wildman–Crippen LogP) is 1.78. The second kappa shape index (κ2) is 4.02. The summed E-state index contributed by atoms with van der Waals surface area (Å²) in [6, 6.07) is 9.92. The zero-order valence-corrected chi connectivity index (χ0v) is 7.49. The highest BCUT2D eigenvalue weighted by Crippen LogP contribution is 2.10. The molecule has 0 aliphatic carbocycles. The third-order valence-corrected chi connectivity index (χ3v) is 1.96. The maximum absolute atomic E-state index is 5.92. The molecule has 0 saturated heterocycles. The van der Waals surface area contributed by atoms with E-state index in [0.717, 1.165) is 11.3 Å². The van der Waals surface area contributed by atoms with Crippen LogP contribution in [0.15, 0.2) is 35.3 Å². The molecule has 0 aromatic heterocycles. The fourth-order valence-electron chi connectivity index (χ4n) is 1.04. The van der Waals surface area contributed by atoms with E-state index in [4.69, 9.17) is 5.73 Å². The van der Waals surface area contributed by atoms with Gasteiger partial charge < -0.3 is 5.73 Å². The van der Waals surface area contributed by atoms with E-state index in [1.54, 1.807) is 7.05 Å². The molecule has 2 nitrogen and oxygen atoms in total. The molecule has 0 radical (unpaired) electrons. The van der Waals surface area contributed by atoms with Gasteiger partial charge in [0.15, 0.2) is 0 Å². The van der Waals surface area contributed by atoms with E-state index < -0.39 is 0 Å². The Hall–Kier alpha value is -1.15. The first-order valence-corrected chi connectivity index (χ1v) is 3.99. The van der Waals surface area contributed by atoms with Gasteiger partial charge in [-0.15, -0.1) is 0 Å². The van der Waals surface area contributed by atoms with Gasteiger partial charge in [-0.3, -0.25) is 4.99 Å². The smallest absolute Gasteiger partial charge is 0.0679 e. The van der Waals surface area contributed by atoms with Crippen LogP contribution < -0.4 is 5.73 Å². The normalized spacial score (nSPS) is 14.4. The largest absolute Gasteiger partial charge is 0.319 e. The number of nitrogens with two attached hydrogens (primary N) is 1. The lowest BCUT2D eigenvalue weighted by Crippen LogP contribution is -2.18. The molecule has 0 amide bonds. The lowest BCUT2D eigenvalue weighted by molar-refractivity contribution is 0.949. The summed E-state index contributed by atoms with van der Waals surface area (Å²) in [6.07, 6.45) is 0. The number of hydrogen-bond acceptors (Lipinski definition) is 2. The van der Waals surface area contributed by atoms with Crippen molar-refractivity contribution in [2.75, 3.05) is 7.05 Å². The summed E-state index contributed by atoms with van der Waals surface area (Å²) in [5.74, 6) is 0. The van der Waals surface area contributed by atoms with Gasteiger partial charge in [0.1, 0.15) is 0 Å². The van der Waals surface area contributed by atoms with Gasteiger partial charge in [0, 0.05) is 12.8 Å². The molecule has 0 bridgehead atoms. The molecule has 1 aromatic carbocycles. The molecule has 0 spiro atoms. The Morgan fingerprint density at radius 3 is 2.42 bits per heavy atom. The van der Waals surface area contributed by atoms with Crippen molar-refractivity contribution in [2.24, 2.45) is 10.7 Å². The Kier molecular flexibility index (Phi) is 3.00. The van der Waals surface area contributed by atoms with E-state index >= 15 is 0 Å². The summed E-state index contributed by atoms with van der Waals surface area (Å²) in [5, 5.41) is 0. The number of aliphatic imine (C=N–C) groups is 1. The van der Waals surface area contributed by atoms with Crippen molar-refractivity contribution in [3.63, 3.8) is 0 Å². The Morgan fingerprint density at radius 2 is 1.92 bits per heavy atom. The maximum Gasteiger partial charge on any atom is 0.0679 e. The minimum Gasteiger partial charge on any atom is -0.319 e. The fraction of sp³-hybridized carbons (Fsp3) is 0.300. The molecule has 1 atom stereocenters. The number of benzene rings is 1. The van der Waals surface area contributed by atoms with E-state index in [9.17, 15) is 0 Å². The molecule has 1 rings (SSSR count). The SMILES string of the molecule is CN=C(C)C(N)c1ccccc1. The molecule has 0 fully saturated rings. The molecule has 12 heavy (non-hydrogen) atoms. The summed E-state index contributed by atoms with van der Waals surface area (Å²) in [5.41, 5.74) is 7.99. The van der Waals surface area contributed by atoms with Gasteiger partial charge in [0.05, 0.1) is 6.04 Å². The van der Waals surface area contributed by atoms with Crippen LogP contribution in [0.3, 0.4) is 0 Å². The first-order chi connectivity index (χ1) is 5.75. The van der Waals surface area contributed by atoms with Gasteiger partial charge in [-0.25, -0.2) is 0 Å². The van der Waals surface area contributed by atoms with Crippen molar-refractivity contribution >= 4 is 5.71 Å². The predicted molar refractivity (Wildman–Crippen MR) is 52.4 cm³/mol. The van der Waals surface area contributed by atoms with Gasteiger partial charge in [0.25, 0.3) is 0 Å². The number of nitrogens with zero attached hydrogens (tertiary/aromatic N) is 1. The molecule has 2 N–H and O–H groups in total. The van der Waals surface area contributed by atoms with E-state index in [1.807, 2.05) is 37.3 Å². The lowest BCUT2D eigenvalue weighted by atomic mass is 10.0. The molecule has 2 heteroatoms. The van der Waals surface area contributed by atoms with E-state index in [0.29, 0.717) is 0 Å². The second-order valence-electron chi connectivity index (χ2n) is 2.75. The Morgan fingerprint density at radius 1 is 1.33 bits per heavy atom.